The lowest BCUT2D eigenvalue weighted by Crippen LogP contribution is -2.48. The molecule has 2 N–H and O–H groups in total. The summed E-state index contributed by atoms with van der Waals surface area (Å²) in [6, 6.07) is 1.49. The van der Waals surface area contributed by atoms with Gasteiger partial charge in [0.25, 0.3) is 0 Å². The molecule has 1 aliphatic carbocycles. The molecule has 0 aliphatic heterocycles. The molecule has 0 saturated heterocycles. The van der Waals surface area contributed by atoms with E-state index >= 15 is 0 Å². The van der Waals surface area contributed by atoms with Crippen LogP contribution in [0.15, 0.2) is 29.2 Å². The van der Waals surface area contributed by atoms with Gasteiger partial charge in [0, 0.05) is 30.3 Å². The first-order chi connectivity index (χ1) is 8.10. The van der Waals surface area contributed by atoms with Gasteiger partial charge in [-0.05, 0) is 18.6 Å². The van der Waals surface area contributed by atoms with Crippen LogP contribution in [0.4, 0.5) is 0 Å². The predicted octanol–water partition coefficient (Wildman–Crippen LogP) is -0.120. The van der Waals surface area contributed by atoms with Crippen LogP contribution in [0.5, 0.6) is 0 Å². The molecule has 1 saturated carbocycles. The highest BCUT2D eigenvalue weighted by molar-refractivity contribution is 5.24. The minimum absolute atomic E-state index is 0.0470. The Hall–Kier alpha value is -1.46. The van der Waals surface area contributed by atoms with E-state index in [1.54, 1.807) is 19.2 Å². The smallest absolute Gasteiger partial charge is 0.348 e. The highest BCUT2D eigenvalue weighted by Gasteiger charge is 2.45. The van der Waals surface area contributed by atoms with Crippen LogP contribution in [0.1, 0.15) is 11.7 Å². The average molecular weight is 236 g/mol. The van der Waals surface area contributed by atoms with Crippen LogP contribution in [0.2, 0.25) is 0 Å². The van der Waals surface area contributed by atoms with Crippen molar-refractivity contribution in [3.8, 4) is 0 Å². The number of hydrogen-bond acceptors (Lipinski definition) is 4. The molecule has 0 radical (unpaired) electrons. The summed E-state index contributed by atoms with van der Waals surface area (Å²) >= 11 is 0. The van der Waals surface area contributed by atoms with E-state index in [1.165, 1.54) is 4.57 Å². The number of nitrogens with zero attached hydrogens (tertiary/aromatic N) is 2. The maximum absolute atomic E-state index is 11.7. The molecule has 0 spiro atoms. The van der Waals surface area contributed by atoms with Crippen LogP contribution in [0.3, 0.4) is 0 Å². The van der Waals surface area contributed by atoms with Gasteiger partial charge in [0.2, 0.25) is 0 Å². The maximum atomic E-state index is 11.7. The lowest BCUT2D eigenvalue weighted by Gasteiger charge is -2.46. The molecule has 5 heteroatoms. The van der Waals surface area contributed by atoms with Crippen LogP contribution in [0, 0.1) is 18.8 Å². The topological polar surface area (TPSA) is 75.4 Å². The minimum atomic E-state index is -0.342. The first-order valence-electron chi connectivity index (χ1n) is 5.56. The number of aliphatic hydroxyl groups excluding tert-OH is 2. The predicted molar refractivity (Wildman–Crippen MR) is 62.6 cm³/mol. The molecule has 0 bridgehead atoms. The van der Waals surface area contributed by atoms with Gasteiger partial charge < -0.3 is 10.2 Å². The molecule has 17 heavy (non-hydrogen) atoms. The fraction of sp³-hybridized carbons (Fsp3) is 0.500. The summed E-state index contributed by atoms with van der Waals surface area (Å²) in [7, 11) is 0. The van der Waals surface area contributed by atoms with E-state index in [9.17, 15) is 9.90 Å². The first-order valence-corrected chi connectivity index (χ1v) is 5.56. The van der Waals surface area contributed by atoms with E-state index in [2.05, 4.69) is 11.6 Å². The molecule has 92 valence electrons. The summed E-state index contributed by atoms with van der Waals surface area (Å²) < 4.78 is 1.47. The monoisotopic (exact) mass is 236 g/mol. The van der Waals surface area contributed by atoms with E-state index in [0.29, 0.717) is 5.69 Å². The van der Waals surface area contributed by atoms with Gasteiger partial charge >= 0.3 is 5.69 Å². The minimum Gasteiger partial charge on any atom is -0.396 e. The quantitative estimate of drug-likeness (QED) is 0.717. The Morgan fingerprint density at radius 2 is 2.18 bits per heavy atom. The van der Waals surface area contributed by atoms with Crippen molar-refractivity contribution in [3.05, 3.63) is 40.6 Å². The molecule has 3 atom stereocenters. The van der Waals surface area contributed by atoms with Crippen molar-refractivity contribution in [3.63, 3.8) is 0 Å². The highest BCUT2D eigenvalue weighted by atomic mass is 16.3. The third kappa shape index (κ3) is 1.81. The molecule has 1 fully saturated rings. The molecular formula is C12H16N2O3. The average Bonchev–Trinajstić information content (AvgIpc) is 2.29. The van der Waals surface area contributed by atoms with Crippen molar-refractivity contribution in [1.29, 1.82) is 0 Å². The lowest BCUT2D eigenvalue weighted by atomic mass is 9.66. The summed E-state index contributed by atoms with van der Waals surface area (Å²) in [6.45, 7) is 5.50. The molecule has 2 rings (SSSR count). The lowest BCUT2D eigenvalue weighted by molar-refractivity contribution is 0.0504. The summed E-state index contributed by atoms with van der Waals surface area (Å²) in [6.07, 6.45) is 1.66. The molecule has 1 aromatic rings. The second kappa shape index (κ2) is 4.43. The second-order valence-corrected chi connectivity index (χ2v) is 4.41. The molecular weight excluding hydrogens is 220 g/mol. The zero-order valence-corrected chi connectivity index (χ0v) is 9.71. The van der Waals surface area contributed by atoms with Crippen LogP contribution < -0.4 is 5.69 Å². The Balaban J connectivity index is 2.35. The van der Waals surface area contributed by atoms with Gasteiger partial charge in [0.05, 0.1) is 12.6 Å². The van der Waals surface area contributed by atoms with Gasteiger partial charge in [-0.15, -0.1) is 0 Å². The van der Waals surface area contributed by atoms with E-state index in [1.807, 2.05) is 0 Å². The van der Waals surface area contributed by atoms with Gasteiger partial charge in [0.15, 0.2) is 0 Å². The highest BCUT2D eigenvalue weighted by Crippen LogP contribution is 2.46. The Kier molecular flexibility index (Phi) is 3.13. The van der Waals surface area contributed by atoms with E-state index in [4.69, 9.17) is 5.11 Å². The SMILES string of the molecule is C=C1[C@@H](n2ccc(C)nc2=O)[C@H](CO)[C@H]1CO. The summed E-state index contributed by atoms with van der Waals surface area (Å²) in [5.41, 5.74) is 1.10. The number of rotatable bonds is 3. The second-order valence-electron chi connectivity index (χ2n) is 4.41. The summed E-state index contributed by atoms with van der Waals surface area (Å²) in [4.78, 5) is 15.6. The van der Waals surface area contributed by atoms with Crippen molar-refractivity contribution in [2.75, 3.05) is 13.2 Å². The maximum Gasteiger partial charge on any atom is 0.348 e. The molecule has 0 amide bonds. The van der Waals surface area contributed by atoms with E-state index < -0.39 is 0 Å². The zero-order chi connectivity index (χ0) is 12.6. The summed E-state index contributed by atoms with van der Waals surface area (Å²) in [5.74, 6) is -0.284. The Labute approximate surface area is 99.1 Å². The standard InChI is InChI=1S/C12H16N2O3/c1-7-3-4-14(12(17)13-7)11-8(2)9(5-15)10(11)6-16/h3-4,9-11,15-16H,2,5-6H2,1H3/t9-,10+,11+/m0/s1. The first kappa shape index (κ1) is 12.0. The fourth-order valence-corrected chi connectivity index (χ4v) is 2.44. The third-order valence-corrected chi connectivity index (χ3v) is 3.45. The van der Waals surface area contributed by atoms with E-state index in [-0.39, 0.29) is 36.8 Å². The molecule has 0 unspecified atom stereocenters. The van der Waals surface area contributed by atoms with Gasteiger partial charge in [-0.3, -0.25) is 4.57 Å². The molecule has 0 aromatic carbocycles. The number of aliphatic hydroxyl groups is 2. The van der Waals surface area contributed by atoms with Crippen LogP contribution >= 0.6 is 0 Å². The Bertz CT molecular complexity index is 495. The third-order valence-electron chi connectivity index (χ3n) is 3.45. The molecule has 5 nitrogen and oxygen atoms in total. The summed E-state index contributed by atoms with van der Waals surface area (Å²) in [5, 5.41) is 18.5. The van der Waals surface area contributed by atoms with Crippen molar-refractivity contribution >= 4 is 0 Å². The van der Waals surface area contributed by atoms with Crippen molar-refractivity contribution in [2.45, 2.75) is 13.0 Å². The largest absolute Gasteiger partial charge is 0.396 e. The van der Waals surface area contributed by atoms with Gasteiger partial charge in [-0.2, -0.15) is 4.98 Å². The zero-order valence-electron chi connectivity index (χ0n) is 9.71. The van der Waals surface area contributed by atoms with Crippen molar-refractivity contribution in [2.24, 2.45) is 11.8 Å². The molecule has 1 aromatic heterocycles. The van der Waals surface area contributed by atoms with Gasteiger partial charge in [0.1, 0.15) is 0 Å². The number of aryl methyl sites for hydroxylation is 1. The normalized spacial score (nSPS) is 27.9. The van der Waals surface area contributed by atoms with E-state index in [0.717, 1.165) is 5.57 Å². The number of aromatic nitrogens is 2. The van der Waals surface area contributed by atoms with Gasteiger partial charge in [-0.25, -0.2) is 4.79 Å². The van der Waals surface area contributed by atoms with Crippen molar-refractivity contribution < 1.29 is 10.2 Å². The molecule has 1 heterocycles. The van der Waals surface area contributed by atoms with Crippen LogP contribution in [-0.4, -0.2) is 33.0 Å². The fourth-order valence-electron chi connectivity index (χ4n) is 2.44. The van der Waals surface area contributed by atoms with Crippen molar-refractivity contribution in [1.82, 2.24) is 9.55 Å². The Morgan fingerprint density at radius 3 is 2.71 bits per heavy atom. The van der Waals surface area contributed by atoms with Crippen LogP contribution in [-0.2, 0) is 0 Å². The van der Waals surface area contributed by atoms with Gasteiger partial charge in [-0.1, -0.05) is 6.58 Å². The number of hydrogen-bond donors (Lipinski definition) is 2. The Morgan fingerprint density at radius 1 is 1.47 bits per heavy atom. The molecule has 1 aliphatic rings. The van der Waals surface area contributed by atoms with Crippen LogP contribution in [0.25, 0.3) is 0 Å².